The molecule has 0 radical (unpaired) electrons. The zero-order valence-electron chi connectivity index (χ0n) is 10.9. The van der Waals surface area contributed by atoms with Gasteiger partial charge in [-0.25, -0.2) is 0 Å². The SMILES string of the molecule is C=C/C(Cl)=C\C=C/Cc1cnc(C(=C)C)c(C)c1. The average Bonchev–Trinajstić information content (AvgIpc) is 2.34. The summed E-state index contributed by atoms with van der Waals surface area (Å²) < 4.78 is 0. The Morgan fingerprint density at radius 2 is 2.22 bits per heavy atom. The summed E-state index contributed by atoms with van der Waals surface area (Å²) >= 11 is 5.80. The van der Waals surface area contributed by atoms with E-state index in [9.17, 15) is 0 Å². The quantitative estimate of drug-likeness (QED) is 0.690. The number of rotatable bonds is 5. The first-order valence-electron chi connectivity index (χ1n) is 5.80. The third-order valence-electron chi connectivity index (χ3n) is 2.48. The number of hydrogen-bond acceptors (Lipinski definition) is 1. The molecule has 0 spiro atoms. The number of allylic oxidation sites excluding steroid dienone is 6. The number of pyridine rings is 1. The summed E-state index contributed by atoms with van der Waals surface area (Å²) in [6.45, 7) is 11.5. The van der Waals surface area contributed by atoms with Gasteiger partial charge in [-0.3, -0.25) is 4.98 Å². The third kappa shape index (κ3) is 4.34. The Kier molecular flexibility index (Phi) is 5.60. The predicted molar refractivity (Wildman–Crippen MR) is 80.7 cm³/mol. The fourth-order valence-electron chi connectivity index (χ4n) is 1.62. The standard InChI is InChI=1S/C16H18ClN/c1-5-15(17)9-7-6-8-14-10-13(4)16(12(2)3)18-11-14/h5-7,9-11H,1-2,8H2,3-4H3/b7-6-,15-9+. The molecule has 1 aromatic rings. The average molecular weight is 260 g/mol. The lowest BCUT2D eigenvalue weighted by Crippen LogP contribution is -1.93. The summed E-state index contributed by atoms with van der Waals surface area (Å²) in [7, 11) is 0. The van der Waals surface area contributed by atoms with Crippen LogP contribution in [0.3, 0.4) is 0 Å². The van der Waals surface area contributed by atoms with Crippen LogP contribution in [-0.2, 0) is 6.42 Å². The molecule has 0 amide bonds. The molecule has 1 heterocycles. The van der Waals surface area contributed by atoms with E-state index in [1.807, 2.05) is 31.3 Å². The van der Waals surface area contributed by atoms with Crippen molar-refractivity contribution < 1.29 is 0 Å². The molecule has 0 N–H and O–H groups in total. The molecule has 0 aromatic carbocycles. The minimum atomic E-state index is 0.637. The van der Waals surface area contributed by atoms with Crippen molar-refractivity contribution in [1.82, 2.24) is 4.98 Å². The van der Waals surface area contributed by atoms with Gasteiger partial charge in [-0.1, -0.05) is 49.1 Å². The second-order valence-corrected chi connectivity index (χ2v) is 4.61. The highest BCUT2D eigenvalue weighted by Gasteiger charge is 2.01. The van der Waals surface area contributed by atoms with Crippen LogP contribution in [-0.4, -0.2) is 4.98 Å². The van der Waals surface area contributed by atoms with E-state index >= 15 is 0 Å². The van der Waals surface area contributed by atoms with Gasteiger partial charge in [0.15, 0.2) is 0 Å². The Labute approximate surface area is 114 Å². The minimum absolute atomic E-state index is 0.637. The molecule has 0 bridgehead atoms. The molecule has 0 aliphatic heterocycles. The van der Waals surface area contributed by atoms with E-state index in [0.29, 0.717) is 5.03 Å². The lowest BCUT2D eigenvalue weighted by Gasteiger charge is -2.05. The van der Waals surface area contributed by atoms with Gasteiger partial charge in [-0.2, -0.15) is 0 Å². The van der Waals surface area contributed by atoms with Crippen LogP contribution in [0.25, 0.3) is 5.57 Å². The van der Waals surface area contributed by atoms with Crippen LogP contribution in [0.1, 0.15) is 23.7 Å². The monoisotopic (exact) mass is 259 g/mol. The second kappa shape index (κ2) is 6.97. The van der Waals surface area contributed by atoms with Crippen molar-refractivity contribution in [2.45, 2.75) is 20.3 Å². The Morgan fingerprint density at radius 1 is 1.50 bits per heavy atom. The first-order valence-corrected chi connectivity index (χ1v) is 6.18. The Morgan fingerprint density at radius 3 is 2.78 bits per heavy atom. The largest absolute Gasteiger partial charge is 0.256 e. The maximum absolute atomic E-state index is 5.80. The van der Waals surface area contributed by atoms with E-state index in [1.165, 1.54) is 5.56 Å². The van der Waals surface area contributed by atoms with Gasteiger partial charge in [-0.05, 0) is 43.0 Å². The van der Waals surface area contributed by atoms with E-state index in [0.717, 1.165) is 23.3 Å². The minimum Gasteiger partial charge on any atom is -0.256 e. The van der Waals surface area contributed by atoms with Crippen LogP contribution in [0.4, 0.5) is 0 Å². The van der Waals surface area contributed by atoms with Crippen molar-refractivity contribution in [2.75, 3.05) is 0 Å². The number of aryl methyl sites for hydroxylation is 1. The summed E-state index contributed by atoms with van der Waals surface area (Å²) in [6.07, 6.45) is 10.1. The molecule has 0 fully saturated rings. The van der Waals surface area contributed by atoms with Crippen molar-refractivity contribution in [2.24, 2.45) is 0 Å². The fourth-order valence-corrected chi connectivity index (χ4v) is 1.70. The molecule has 94 valence electrons. The van der Waals surface area contributed by atoms with Crippen molar-refractivity contribution in [3.8, 4) is 0 Å². The van der Waals surface area contributed by atoms with E-state index in [2.05, 4.69) is 31.1 Å². The second-order valence-electron chi connectivity index (χ2n) is 4.18. The number of aromatic nitrogens is 1. The van der Waals surface area contributed by atoms with Crippen LogP contribution in [0.5, 0.6) is 0 Å². The number of nitrogens with zero attached hydrogens (tertiary/aromatic N) is 1. The van der Waals surface area contributed by atoms with E-state index in [4.69, 9.17) is 11.6 Å². The molecular formula is C16H18ClN. The molecule has 2 heteroatoms. The lowest BCUT2D eigenvalue weighted by atomic mass is 10.1. The molecule has 1 aromatic heterocycles. The molecule has 0 saturated carbocycles. The molecule has 0 saturated heterocycles. The molecule has 1 rings (SSSR count). The van der Waals surface area contributed by atoms with E-state index < -0.39 is 0 Å². The highest BCUT2D eigenvalue weighted by Crippen LogP contribution is 2.15. The van der Waals surface area contributed by atoms with Crippen LogP contribution >= 0.6 is 11.6 Å². The fraction of sp³-hybridized carbons (Fsp3) is 0.188. The summed E-state index contributed by atoms with van der Waals surface area (Å²) in [5.41, 5.74) is 4.32. The zero-order valence-corrected chi connectivity index (χ0v) is 11.7. The maximum atomic E-state index is 5.80. The van der Waals surface area contributed by atoms with Crippen molar-refractivity contribution >= 4 is 17.2 Å². The lowest BCUT2D eigenvalue weighted by molar-refractivity contribution is 1.13. The summed E-state index contributed by atoms with van der Waals surface area (Å²) in [6, 6.07) is 2.14. The highest BCUT2D eigenvalue weighted by atomic mass is 35.5. The van der Waals surface area contributed by atoms with Gasteiger partial charge in [0.1, 0.15) is 0 Å². The van der Waals surface area contributed by atoms with E-state index in [-0.39, 0.29) is 0 Å². The van der Waals surface area contributed by atoms with Gasteiger partial charge in [0.25, 0.3) is 0 Å². The molecule has 0 aliphatic carbocycles. The first kappa shape index (κ1) is 14.5. The van der Waals surface area contributed by atoms with Gasteiger partial charge >= 0.3 is 0 Å². The molecule has 18 heavy (non-hydrogen) atoms. The topological polar surface area (TPSA) is 12.9 Å². The normalized spacial score (nSPS) is 11.8. The summed E-state index contributed by atoms with van der Waals surface area (Å²) in [5.74, 6) is 0. The smallest absolute Gasteiger partial charge is 0.0682 e. The molecule has 0 unspecified atom stereocenters. The van der Waals surface area contributed by atoms with Gasteiger partial charge in [0.05, 0.1) is 5.69 Å². The van der Waals surface area contributed by atoms with Crippen LogP contribution in [0, 0.1) is 6.92 Å². The highest BCUT2D eigenvalue weighted by molar-refractivity contribution is 6.31. The molecular weight excluding hydrogens is 242 g/mol. The van der Waals surface area contributed by atoms with Crippen LogP contribution < -0.4 is 0 Å². The van der Waals surface area contributed by atoms with Gasteiger partial charge in [0, 0.05) is 11.2 Å². The predicted octanol–water partition coefficient (Wildman–Crippen LogP) is 4.83. The maximum Gasteiger partial charge on any atom is 0.0682 e. The van der Waals surface area contributed by atoms with Crippen LogP contribution in [0.15, 0.2) is 54.8 Å². The van der Waals surface area contributed by atoms with Crippen LogP contribution in [0.2, 0.25) is 0 Å². The Hall–Kier alpha value is -1.60. The van der Waals surface area contributed by atoms with Crippen molar-refractivity contribution in [3.63, 3.8) is 0 Å². The number of hydrogen-bond donors (Lipinski definition) is 0. The third-order valence-corrected chi connectivity index (χ3v) is 2.76. The Bertz CT molecular complexity index is 510. The summed E-state index contributed by atoms with van der Waals surface area (Å²) in [5, 5.41) is 0.637. The van der Waals surface area contributed by atoms with Crippen molar-refractivity contribution in [1.29, 1.82) is 0 Å². The molecule has 0 atom stereocenters. The van der Waals surface area contributed by atoms with Crippen molar-refractivity contribution in [3.05, 3.63) is 71.6 Å². The van der Waals surface area contributed by atoms with E-state index in [1.54, 1.807) is 6.08 Å². The summed E-state index contributed by atoms with van der Waals surface area (Å²) in [4.78, 5) is 4.42. The van der Waals surface area contributed by atoms with Gasteiger partial charge in [0.2, 0.25) is 0 Å². The first-order chi connectivity index (χ1) is 8.54. The zero-order chi connectivity index (χ0) is 13.5. The molecule has 1 nitrogen and oxygen atoms in total. The Balaban J connectivity index is 2.73. The molecule has 0 aliphatic rings. The van der Waals surface area contributed by atoms with Gasteiger partial charge in [-0.15, -0.1) is 0 Å². The number of halogens is 1. The van der Waals surface area contributed by atoms with Gasteiger partial charge < -0.3 is 0 Å².